The van der Waals surface area contributed by atoms with E-state index in [1.165, 1.54) is 0 Å². The van der Waals surface area contributed by atoms with E-state index < -0.39 is 0 Å². The van der Waals surface area contributed by atoms with Crippen LogP contribution in [0.5, 0.6) is 0 Å². The first-order valence-electron chi connectivity index (χ1n) is 11.1. The van der Waals surface area contributed by atoms with Gasteiger partial charge in [-0.05, 0) is 65.8 Å². The molecule has 0 unspecified atom stereocenters. The topological polar surface area (TPSA) is 68.1 Å². The number of hydrogen-bond acceptors (Lipinski definition) is 6. The Morgan fingerprint density at radius 2 is 2.03 bits per heavy atom. The molecule has 1 aliphatic heterocycles. The fourth-order valence-corrected chi connectivity index (χ4v) is 4.33. The highest BCUT2D eigenvalue weighted by Crippen LogP contribution is 2.36. The summed E-state index contributed by atoms with van der Waals surface area (Å²) in [5.74, 6) is 1.17. The minimum atomic E-state index is -0.309. The van der Waals surface area contributed by atoms with Crippen LogP contribution in [0.1, 0.15) is 11.3 Å². The minimum absolute atomic E-state index is 0.183. The summed E-state index contributed by atoms with van der Waals surface area (Å²) in [6, 6.07) is 14.7. The molecule has 0 spiro atoms. The van der Waals surface area contributed by atoms with Crippen molar-refractivity contribution in [2.24, 2.45) is 7.05 Å². The number of pyridine rings is 2. The molecule has 0 bridgehead atoms. The predicted octanol–water partition coefficient (Wildman–Crippen LogP) is 5.11. The van der Waals surface area contributed by atoms with E-state index in [1.807, 2.05) is 50.3 Å². The van der Waals surface area contributed by atoms with Gasteiger partial charge in [-0.15, -0.1) is 0 Å². The largest absolute Gasteiger partial charge is 0.337 e. The summed E-state index contributed by atoms with van der Waals surface area (Å²) < 4.78 is 23.1. The lowest BCUT2D eigenvalue weighted by atomic mass is 9.67. The van der Waals surface area contributed by atoms with Gasteiger partial charge in [0.05, 0.1) is 6.20 Å². The maximum Gasteiger partial charge on any atom is 0.333 e. The van der Waals surface area contributed by atoms with Crippen molar-refractivity contribution in [3.63, 3.8) is 0 Å². The van der Waals surface area contributed by atoms with Crippen LogP contribution in [0.2, 0.25) is 12.0 Å². The van der Waals surface area contributed by atoms with E-state index in [9.17, 15) is 0 Å². The Morgan fingerprint density at radius 1 is 1.15 bits per heavy atom. The molecule has 7 nitrogen and oxygen atoms in total. The van der Waals surface area contributed by atoms with E-state index in [1.54, 1.807) is 34.3 Å². The van der Waals surface area contributed by atoms with Gasteiger partial charge in [0, 0.05) is 31.5 Å². The molecule has 0 fully saturated rings. The molecule has 4 aromatic rings. The SMILES string of the molecule is CB(Cc1cccc(Cl)n1)ON1CCc2cc(-c3ccnc(Nc4ccnn4C)c3)cc(F)c21. The Bertz CT molecular complexity index is 1330. The molecule has 0 radical (unpaired) electrons. The molecule has 1 aromatic carbocycles. The van der Waals surface area contributed by atoms with Crippen molar-refractivity contribution in [1.29, 1.82) is 0 Å². The van der Waals surface area contributed by atoms with Crippen molar-refractivity contribution in [1.82, 2.24) is 19.7 Å². The highest BCUT2D eigenvalue weighted by Gasteiger charge is 2.27. The number of nitrogens with one attached hydrogen (secondary N) is 1. The van der Waals surface area contributed by atoms with Gasteiger partial charge < -0.3 is 10.1 Å². The monoisotopic (exact) mass is 476 g/mol. The fourth-order valence-electron chi connectivity index (χ4n) is 4.15. The molecule has 0 saturated carbocycles. The quantitative estimate of drug-likeness (QED) is 0.295. The second-order valence-corrected chi connectivity index (χ2v) is 8.67. The zero-order valence-corrected chi connectivity index (χ0v) is 19.6. The van der Waals surface area contributed by atoms with Gasteiger partial charge in [0.1, 0.15) is 28.3 Å². The number of aromatic nitrogens is 4. The maximum absolute atomic E-state index is 15.3. The van der Waals surface area contributed by atoms with Crippen LogP contribution in [-0.2, 0) is 24.5 Å². The van der Waals surface area contributed by atoms with E-state index in [0.29, 0.717) is 35.9 Å². The van der Waals surface area contributed by atoms with Crippen LogP contribution in [0.25, 0.3) is 11.1 Å². The van der Waals surface area contributed by atoms with Crippen LogP contribution in [-0.4, -0.2) is 33.2 Å². The van der Waals surface area contributed by atoms with Crippen LogP contribution in [0.15, 0.2) is 60.9 Å². The van der Waals surface area contributed by atoms with Gasteiger partial charge >= 0.3 is 6.92 Å². The number of fused-ring (bicyclic) bond motifs is 1. The van der Waals surface area contributed by atoms with Crippen molar-refractivity contribution >= 4 is 35.8 Å². The van der Waals surface area contributed by atoms with Gasteiger partial charge in [-0.1, -0.05) is 24.5 Å². The van der Waals surface area contributed by atoms with Crippen LogP contribution < -0.4 is 10.4 Å². The van der Waals surface area contributed by atoms with E-state index in [-0.39, 0.29) is 12.7 Å². The highest BCUT2D eigenvalue weighted by molar-refractivity contribution is 6.49. The average molecular weight is 477 g/mol. The van der Waals surface area contributed by atoms with E-state index in [2.05, 4.69) is 20.4 Å². The van der Waals surface area contributed by atoms with E-state index in [0.717, 1.165) is 28.2 Å². The zero-order chi connectivity index (χ0) is 23.7. The molecule has 1 aliphatic rings. The summed E-state index contributed by atoms with van der Waals surface area (Å²) >= 11 is 5.98. The number of anilines is 3. The highest BCUT2D eigenvalue weighted by atomic mass is 35.5. The van der Waals surface area contributed by atoms with Gasteiger partial charge in [-0.3, -0.25) is 9.75 Å². The van der Waals surface area contributed by atoms with Crippen LogP contribution >= 0.6 is 11.6 Å². The molecule has 0 aliphatic carbocycles. The number of nitrogens with zero attached hydrogens (tertiary/aromatic N) is 5. The summed E-state index contributed by atoms with van der Waals surface area (Å²) in [6.45, 7) is 2.35. The second kappa shape index (κ2) is 9.44. The Hall–Kier alpha value is -3.43. The van der Waals surface area contributed by atoms with Crippen molar-refractivity contribution in [3.8, 4) is 11.1 Å². The van der Waals surface area contributed by atoms with Gasteiger partial charge in [-0.25, -0.2) is 14.4 Å². The third-order valence-corrected chi connectivity index (χ3v) is 5.93. The van der Waals surface area contributed by atoms with Gasteiger partial charge in [0.25, 0.3) is 0 Å². The third-order valence-electron chi connectivity index (χ3n) is 5.72. The Balaban J connectivity index is 1.33. The smallest absolute Gasteiger partial charge is 0.333 e. The summed E-state index contributed by atoms with van der Waals surface area (Å²) in [4.78, 5) is 8.68. The Morgan fingerprint density at radius 3 is 2.82 bits per heavy atom. The number of rotatable bonds is 7. The maximum atomic E-state index is 15.3. The first-order valence-corrected chi connectivity index (χ1v) is 11.4. The number of hydrogen-bond donors (Lipinski definition) is 1. The lowest BCUT2D eigenvalue weighted by Gasteiger charge is -2.23. The average Bonchev–Trinajstić information content (AvgIpc) is 3.40. The molecule has 0 saturated heterocycles. The van der Waals surface area contributed by atoms with Crippen LogP contribution in [0, 0.1) is 5.82 Å². The molecule has 1 N–H and O–H groups in total. The van der Waals surface area contributed by atoms with Gasteiger partial charge in [-0.2, -0.15) is 5.10 Å². The lowest BCUT2D eigenvalue weighted by molar-refractivity contribution is 0.288. The second-order valence-electron chi connectivity index (χ2n) is 8.28. The summed E-state index contributed by atoms with van der Waals surface area (Å²) in [5, 5.41) is 9.49. The number of benzene rings is 1. The normalized spacial score (nSPS) is 12.6. The number of hydroxylamine groups is 1. The van der Waals surface area contributed by atoms with Crippen molar-refractivity contribution in [2.45, 2.75) is 19.6 Å². The first kappa shape index (κ1) is 22.4. The van der Waals surface area contributed by atoms with E-state index in [4.69, 9.17) is 16.4 Å². The summed E-state index contributed by atoms with van der Waals surface area (Å²) in [5.41, 5.74) is 3.92. The van der Waals surface area contributed by atoms with Gasteiger partial charge in [0.2, 0.25) is 0 Å². The minimum Gasteiger partial charge on any atom is -0.337 e. The van der Waals surface area contributed by atoms with Gasteiger partial charge in [0.15, 0.2) is 0 Å². The zero-order valence-electron chi connectivity index (χ0n) is 18.9. The Kier molecular flexibility index (Phi) is 6.21. The molecule has 10 heteroatoms. The molecular weight excluding hydrogens is 454 g/mol. The molecule has 0 amide bonds. The van der Waals surface area contributed by atoms with Crippen molar-refractivity contribution < 1.29 is 9.15 Å². The summed E-state index contributed by atoms with van der Waals surface area (Å²) in [7, 11) is 1.85. The summed E-state index contributed by atoms with van der Waals surface area (Å²) in [6.07, 6.45) is 4.70. The van der Waals surface area contributed by atoms with E-state index >= 15 is 4.39 Å². The van der Waals surface area contributed by atoms with Crippen molar-refractivity contribution in [3.05, 3.63) is 83.2 Å². The van der Waals surface area contributed by atoms with Crippen LogP contribution in [0.4, 0.5) is 21.7 Å². The van der Waals surface area contributed by atoms with Crippen LogP contribution in [0.3, 0.4) is 0 Å². The third kappa shape index (κ3) is 4.76. The molecule has 0 atom stereocenters. The Labute approximate surface area is 202 Å². The first-order chi connectivity index (χ1) is 16.5. The molecular formula is C24H23BClFN6O. The lowest BCUT2D eigenvalue weighted by Crippen LogP contribution is -2.31. The molecule has 5 rings (SSSR count). The fraction of sp³-hybridized carbons (Fsp3) is 0.208. The molecule has 4 heterocycles. The number of aryl methyl sites for hydroxylation is 1. The molecule has 172 valence electrons. The van der Waals surface area contributed by atoms with Crippen molar-refractivity contribution in [2.75, 3.05) is 16.9 Å². The number of halogens is 2. The predicted molar refractivity (Wildman–Crippen MR) is 133 cm³/mol. The standard InChI is InChI=1S/C24H23BClFN6O/c1-25(15-19-4-3-5-21(26)30-19)34-33-11-8-17-12-18(13-20(27)24(17)33)16-6-9-28-22(14-16)31-23-7-10-29-32(23)2/h3-7,9-10,12-14H,8,11,15H2,1-2H3,(H,28,31). The molecule has 3 aromatic heterocycles. The molecule has 34 heavy (non-hydrogen) atoms.